The summed E-state index contributed by atoms with van der Waals surface area (Å²) in [5.74, 6) is 0.933. The summed E-state index contributed by atoms with van der Waals surface area (Å²) in [4.78, 5) is 41.9. The van der Waals surface area contributed by atoms with Gasteiger partial charge in [-0.1, -0.05) is 109 Å². The zero-order valence-electron chi connectivity index (χ0n) is 24.4. The van der Waals surface area contributed by atoms with Crippen molar-refractivity contribution >= 4 is 40.3 Å². The average Bonchev–Trinajstić information content (AvgIpc) is 3.53. The van der Waals surface area contributed by atoms with Gasteiger partial charge in [0.25, 0.3) is 5.91 Å². The SMILES string of the molecule is C#CCn1nnnc1SCC1=C(C(=O)OC(c2ccccc2)c2ccccc2)N2C(=O)C(NC(=O)Cc3ccccc3)[C@H]2S(=O)C1. The summed E-state index contributed by atoms with van der Waals surface area (Å²) in [7, 11) is -1.63. The second-order valence-electron chi connectivity index (χ2n) is 10.5. The molecule has 2 amide bonds. The van der Waals surface area contributed by atoms with Crippen LogP contribution in [0.4, 0.5) is 0 Å². The van der Waals surface area contributed by atoms with Crippen molar-refractivity contribution in [3.63, 3.8) is 0 Å². The molecule has 2 aliphatic rings. The van der Waals surface area contributed by atoms with Crippen LogP contribution in [-0.2, 0) is 42.9 Å². The van der Waals surface area contributed by atoms with E-state index in [-0.39, 0.29) is 36.1 Å². The fraction of sp³-hybridized carbons (Fsp3) is 0.212. The van der Waals surface area contributed by atoms with Gasteiger partial charge in [0.2, 0.25) is 11.1 Å². The standard InChI is InChI=1S/C33H28N6O5S2/c1-2-18-38-33(35-36-37-38)45-20-25-21-46(43)31-27(34-26(40)19-22-12-6-3-7-13-22)30(41)39(31)28(25)32(42)44-29(23-14-8-4-9-15-23)24-16-10-5-11-17-24/h1,3-17,27,29,31H,18-21H2,(H,34,40)/t27?,31-,46?/m1/s1. The molecule has 1 N–H and O–H groups in total. The quantitative estimate of drug-likeness (QED) is 0.112. The first-order chi connectivity index (χ1) is 22.4. The van der Waals surface area contributed by atoms with E-state index in [1.165, 1.54) is 21.3 Å². The van der Waals surface area contributed by atoms with Crippen LogP contribution in [0.25, 0.3) is 0 Å². The summed E-state index contributed by atoms with van der Waals surface area (Å²) in [6.45, 7) is 0.141. The maximum atomic E-state index is 14.2. The van der Waals surface area contributed by atoms with Crippen molar-refractivity contribution in [3.05, 3.63) is 119 Å². The minimum absolute atomic E-state index is 0.00324. The number of nitrogens with zero attached hydrogens (tertiary/aromatic N) is 5. The van der Waals surface area contributed by atoms with Crippen LogP contribution in [0.1, 0.15) is 22.8 Å². The molecule has 232 valence electrons. The maximum absolute atomic E-state index is 14.2. The fourth-order valence-electron chi connectivity index (χ4n) is 5.34. The molecule has 1 fully saturated rings. The molecule has 0 radical (unpaired) electrons. The first kappa shape index (κ1) is 30.9. The highest BCUT2D eigenvalue weighted by atomic mass is 32.2. The van der Waals surface area contributed by atoms with Crippen molar-refractivity contribution in [2.45, 2.75) is 35.6 Å². The molecule has 3 heterocycles. The molecular formula is C33H28N6O5S2. The van der Waals surface area contributed by atoms with Crippen LogP contribution in [0, 0.1) is 12.3 Å². The molecule has 11 nitrogen and oxygen atoms in total. The third-order valence-corrected chi connectivity index (χ3v) is 10.2. The molecular weight excluding hydrogens is 625 g/mol. The van der Waals surface area contributed by atoms with Crippen molar-refractivity contribution in [1.29, 1.82) is 0 Å². The van der Waals surface area contributed by atoms with Gasteiger partial charge in [-0.3, -0.25) is 18.7 Å². The lowest BCUT2D eigenvalue weighted by atomic mass is 10.0. The zero-order valence-corrected chi connectivity index (χ0v) is 26.0. The van der Waals surface area contributed by atoms with Crippen LogP contribution in [0.2, 0.25) is 0 Å². The smallest absolute Gasteiger partial charge is 0.356 e. The molecule has 6 rings (SSSR count). The highest BCUT2D eigenvalue weighted by molar-refractivity contribution is 7.99. The number of benzene rings is 3. The Hall–Kier alpha value is -5.06. The molecule has 0 saturated carbocycles. The lowest BCUT2D eigenvalue weighted by molar-refractivity contribution is -0.154. The fourth-order valence-corrected chi connectivity index (χ4v) is 8.04. The van der Waals surface area contributed by atoms with E-state index in [1.807, 2.05) is 91.0 Å². The van der Waals surface area contributed by atoms with Crippen LogP contribution < -0.4 is 5.32 Å². The van der Waals surface area contributed by atoms with Crippen LogP contribution in [0.3, 0.4) is 0 Å². The summed E-state index contributed by atoms with van der Waals surface area (Å²) < 4.78 is 21.2. The number of ether oxygens (including phenoxy) is 1. The van der Waals surface area contributed by atoms with Gasteiger partial charge in [0, 0.05) is 5.75 Å². The van der Waals surface area contributed by atoms with Crippen LogP contribution in [0.15, 0.2) is 107 Å². The molecule has 1 aromatic heterocycles. The van der Waals surface area contributed by atoms with E-state index in [0.717, 1.165) is 16.7 Å². The van der Waals surface area contributed by atoms with Gasteiger partial charge in [-0.15, -0.1) is 11.5 Å². The Labute approximate surface area is 271 Å². The Morgan fingerprint density at radius 1 is 1.02 bits per heavy atom. The number of thioether (sulfide) groups is 1. The first-order valence-electron chi connectivity index (χ1n) is 14.3. The average molecular weight is 653 g/mol. The van der Waals surface area contributed by atoms with Gasteiger partial charge in [-0.25, -0.2) is 9.48 Å². The summed E-state index contributed by atoms with van der Waals surface area (Å²) in [5.41, 5.74) is 2.69. The number of terminal acetylenes is 1. The highest BCUT2D eigenvalue weighted by Gasteiger charge is 2.57. The lowest BCUT2D eigenvalue weighted by Crippen LogP contribution is -2.73. The van der Waals surface area contributed by atoms with E-state index < -0.39 is 40.2 Å². The summed E-state index contributed by atoms with van der Waals surface area (Å²) in [6.07, 6.45) is 4.72. The molecule has 0 aliphatic carbocycles. The summed E-state index contributed by atoms with van der Waals surface area (Å²) in [6, 6.07) is 26.6. The van der Waals surface area contributed by atoms with Gasteiger partial charge >= 0.3 is 5.97 Å². The maximum Gasteiger partial charge on any atom is 0.356 e. The number of fused-ring (bicyclic) bond motifs is 1. The number of hydrogen-bond donors (Lipinski definition) is 1. The van der Waals surface area contributed by atoms with E-state index in [1.54, 1.807) is 0 Å². The molecule has 2 unspecified atom stereocenters. The van der Waals surface area contributed by atoms with Gasteiger partial charge in [0.15, 0.2) is 6.10 Å². The number of hydrogen-bond acceptors (Lipinski definition) is 9. The second-order valence-corrected chi connectivity index (χ2v) is 13.0. The van der Waals surface area contributed by atoms with E-state index >= 15 is 0 Å². The number of β-lactam (4-membered cyclic amide) rings is 1. The number of aromatic nitrogens is 4. The minimum atomic E-state index is -1.63. The van der Waals surface area contributed by atoms with Gasteiger partial charge in [0.1, 0.15) is 23.7 Å². The number of esters is 1. The number of carbonyl (C=O) groups is 3. The molecule has 3 atom stereocenters. The number of nitrogens with one attached hydrogen (secondary N) is 1. The number of amides is 2. The topological polar surface area (TPSA) is 136 Å². The highest BCUT2D eigenvalue weighted by Crippen LogP contribution is 2.38. The number of carbonyl (C=O) groups excluding carboxylic acids is 3. The van der Waals surface area contributed by atoms with Gasteiger partial charge in [-0.2, -0.15) is 0 Å². The Balaban J connectivity index is 1.30. The zero-order chi connectivity index (χ0) is 32.0. The monoisotopic (exact) mass is 652 g/mol. The molecule has 4 aromatic rings. The third kappa shape index (κ3) is 6.49. The van der Waals surface area contributed by atoms with Crippen LogP contribution in [0.5, 0.6) is 0 Å². The predicted octanol–water partition coefficient (Wildman–Crippen LogP) is 2.64. The van der Waals surface area contributed by atoms with Crippen LogP contribution in [-0.4, -0.2) is 70.0 Å². The van der Waals surface area contributed by atoms with Gasteiger partial charge in [-0.05, 0) is 32.7 Å². The van der Waals surface area contributed by atoms with Crippen molar-refractivity contribution in [2.24, 2.45) is 0 Å². The Morgan fingerprint density at radius 3 is 2.28 bits per heavy atom. The van der Waals surface area contributed by atoms with Crippen molar-refractivity contribution in [3.8, 4) is 12.3 Å². The minimum Gasteiger partial charge on any atom is -0.448 e. The molecule has 3 aromatic carbocycles. The van der Waals surface area contributed by atoms with E-state index in [2.05, 4.69) is 26.8 Å². The Bertz CT molecular complexity index is 1800. The summed E-state index contributed by atoms with van der Waals surface area (Å²) >= 11 is 1.20. The molecule has 2 aliphatic heterocycles. The molecule has 1 saturated heterocycles. The number of tetrazole rings is 1. The van der Waals surface area contributed by atoms with Gasteiger partial charge < -0.3 is 10.1 Å². The van der Waals surface area contributed by atoms with Crippen molar-refractivity contribution in [2.75, 3.05) is 11.5 Å². The molecule has 46 heavy (non-hydrogen) atoms. The molecule has 0 spiro atoms. The first-order valence-corrected chi connectivity index (χ1v) is 16.7. The van der Waals surface area contributed by atoms with Crippen molar-refractivity contribution < 1.29 is 23.3 Å². The summed E-state index contributed by atoms with van der Waals surface area (Å²) in [5, 5.41) is 13.8. The van der Waals surface area contributed by atoms with Gasteiger partial charge in [0.05, 0.1) is 23.0 Å². The third-order valence-electron chi connectivity index (χ3n) is 7.47. The van der Waals surface area contributed by atoms with E-state index in [9.17, 15) is 18.6 Å². The molecule has 13 heteroatoms. The van der Waals surface area contributed by atoms with Crippen LogP contribution >= 0.6 is 11.8 Å². The van der Waals surface area contributed by atoms with E-state index in [4.69, 9.17) is 11.2 Å². The largest absolute Gasteiger partial charge is 0.448 e. The van der Waals surface area contributed by atoms with Crippen molar-refractivity contribution in [1.82, 2.24) is 30.4 Å². The lowest BCUT2D eigenvalue weighted by Gasteiger charge is -2.49. The predicted molar refractivity (Wildman–Crippen MR) is 171 cm³/mol. The Morgan fingerprint density at radius 2 is 1.65 bits per heavy atom. The van der Waals surface area contributed by atoms with E-state index in [0.29, 0.717) is 10.7 Å². The Kier molecular flexibility index (Phi) is 9.37. The normalized spacial score (nSPS) is 18.8. The number of rotatable bonds is 11. The molecule has 0 bridgehead atoms. The second kappa shape index (κ2) is 13.9.